The first-order chi connectivity index (χ1) is 9.55. The third kappa shape index (κ3) is 5.70. The summed E-state index contributed by atoms with van der Waals surface area (Å²) in [7, 11) is -3.09. The Morgan fingerprint density at radius 2 is 2.00 bits per heavy atom. The zero-order valence-electron chi connectivity index (χ0n) is 12.7. The van der Waals surface area contributed by atoms with E-state index in [-0.39, 0.29) is 5.75 Å². The van der Waals surface area contributed by atoms with E-state index >= 15 is 0 Å². The molecular weight excluding hydrogens is 272 g/mol. The molecule has 2 rings (SSSR count). The van der Waals surface area contributed by atoms with Gasteiger partial charge in [0, 0.05) is 12.6 Å². The van der Waals surface area contributed by atoms with Crippen molar-refractivity contribution < 1.29 is 8.42 Å². The van der Waals surface area contributed by atoms with Gasteiger partial charge in [0.25, 0.3) is 0 Å². The number of piperidine rings is 1. The van der Waals surface area contributed by atoms with Gasteiger partial charge >= 0.3 is 0 Å². The minimum atomic E-state index is -3.09. The largest absolute Gasteiger partial charge is 0.314 e. The van der Waals surface area contributed by atoms with Gasteiger partial charge in [-0.25, -0.2) is 13.1 Å². The van der Waals surface area contributed by atoms with Crippen molar-refractivity contribution in [2.45, 2.75) is 64.3 Å². The highest BCUT2D eigenvalue weighted by Gasteiger charge is 2.22. The van der Waals surface area contributed by atoms with E-state index in [4.69, 9.17) is 0 Å². The van der Waals surface area contributed by atoms with Crippen LogP contribution in [0.4, 0.5) is 0 Å². The SMILES string of the molecule is CC1CCCC(CNS(=O)(=O)CCC2CCCCN2)C1. The van der Waals surface area contributed by atoms with Gasteiger partial charge in [0.15, 0.2) is 0 Å². The molecule has 4 nitrogen and oxygen atoms in total. The quantitative estimate of drug-likeness (QED) is 0.791. The fourth-order valence-electron chi connectivity index (χ4n) is 3.53. The topological polar surface area (TPSA) is 58.2 Å². The van der Waals surface area contributed by atoms with Crippen molar-refractivity contribution >= 4 is 10.0 Å². The van der Waals surface area contributed by atoms with Crippen LogP contribution in [-0.4, -0.2) is 33.3 Å². The van der Waals surface area contributed by atoms with Crippen LogP contribution in [-0.2, 0) is 10.0 Å². The second kappa shape index (κ2) is 7.76. The Morgan fingerprint density at radius 1 is 1.15 bits per heavy atom. The highest BCUT2D eigenvalue weighted by Crippen LogP contribution is 2.28. The average molecular weight is 302 g/mol. The molecule has 5 heteroatoms. The lowest BCUT2D eigenvalue weighted by atomic mass is 9.83. The maximum Gasteiger partial charge on any atom is 0.211 e. The Labute approximate surface area is 124 Å². The van der Waals surface area contributed by atoms with E-state index in [1.165, 1.54) is 38.5 Å². The molecule has 20 heavy (non-hydrogen) atoms. The average Bonchev–Trinajstić information content (AvgIpc) is 2.45. The fraction of sp³-hybridized carbons (Fsp3) is 1.00. The Hall–Kier alpha value is -0.130. The number of sulfonamides is 1. The molecule has 3 unspecified atom stereocenters. The monoisotopic (exact) mass is 302 g/mol. The van der Waals surface area contributed by atoms with Crippen molar-refractivity contribution in [2.24, 2.45) is 11.8 Å². The predicted octanol–water partition coefficient (Wildman–Crippen LogP) is 2.26. The van der Waals surface area contributed by atoms with Crippen molar-refractivity contribution in [2.75, 3.05) is 18.8 Å². The fourth-order valence-corrected chi connectivity index (χ4v) is 4.76. The minimum absolute atomic E-state index is 0.271. The zero-order chi connectivity index (χ0) is 14.4. The lowest BCUT2D eigenvalue weighted by molar-refractivity contribution is 0.283. The number of hydrogen-bond donors (Lipinski definition) is 2. The van der Waals surface area contributed by atoms with E-state index in [0.29, 0.717) is 18.5 Å². The lowest BCUT2D eigenvalue weighted by Gasteiger charge is -2.27. The van der Waals surface area contributed by atoms with E-state index in [9.17, 15) is 8.42 Å². The molecule has 0 aromatic heterocycles. The molecule has 0 spiro atoms. The lowest BCUT2D eigenvalue weighted by Crippen LogP contribution is -2.38. The molecule has 118 valence electrons. The molecule has 0 aromatic carbocycles. The van der Waals surface area contributed by atoms with Gasteiger partial charge in [-0.1, -0.05) is 26.2 Å². The summed E-state index contributed by atoms with van der Waals surface area (Å²) in [5.41, 5.74) is 0. The maximum atomic E-state index is 12.1. The molecule has 0 amide bonds. The Bertz CT molecular complexity index is 377. The Kier molecular flexibility index (Phi) is 6.30. The second-order valence-corrected chi connectivity index (χ2v) is 8.67. The van der Waals surface area contributed by atoms with E-state index < -0.39 is 10.0 Å². The zero-order valence-corrected chi connectivity index (χ0v) is 13.6. The Balaban J connectivity index is 1.67. The van der Waals surface area contributed by atoms with Crippen LogP contribution in [0.3, 0.4) is 0 Å². The van der Waals surface area contributed by atoms with Crippen LogP contribution in [0.25, 0.3) is 0 Å². The molecule has 0 radical (unpaired) electrons. The van der Waals surface area contributed by atoms with Gasteiger partial charge in [-0.15, -0.1) is 0 Å². The smallest absolute Gasteiger partial charge is 0.211 e. The first-order valence-electron chi connectivity index (χ1n) is 8.26. The summed E-state index contributed by atoms with van der Waals surface area (Å²) in [5.74, 6) is 1.57. The second-order valence-electron chi connectivity index (χ2n) is 6.74. The van der Waals surface area contributed by atoms with Crippen molar-refractivity contribution in [3.63, 3.8) is 0 Å². The summed E-state index contributed by atoms with van der Waals surface area (Å²) in [6.45, 7) is 3.96. The number of hydrogen-bond acceptors (Lipinski definition) is 3. The van der Waals surface area contributed by atoms with Gasteiger partial charge in [-0.05, 0) is 50.5 Å². The molecule has 1 saturated heterocycles. The molecule has 1 aliphatic carbocycles. The van der Waals surface area contributed by atoms with Crippen LogP contribution >= 0.6 is 0 Å². The van der Waals surface area contributed by atoms with Gasteiger partial charge in [0.2, 0.25) is 10.0 Å². The van der Waals surface area contributed by atoms with Gasteiger partial charge in [-0.3, -0.25) is 0 Å². The van der Waals surface area contributed by atoms with Crippen LogP contribution in [0.2, 0.25) is 0 Å². The normalized spacial score (nSPS) is 32.1. The van der Waals surface area contributed by atoms with Crippen LogP contribution in [0, 0.1) is 11.8 Å². The first kappa shape index (κ1) is 16.2. The Morgan fingerprint density at radius 3 is 2.70 bits per heavy atom. The third-order valence-corrected chi connectivity index (χ3v) is 6.16. The first-order valence-corrected chi connectivity index (χ1v) is 9.91. The highest BCUT2D eigenvalue weighted by atomic mass is 32.2. The van der Waals surface area contributed by atoms with E-state index in [1.807, 2.05) is 0 Å². The molecular formula is C15H30N2O2S. The molecule has 1 heterocycles. The summed E-state index contributed by atoms with van der Waals surface area (Å²) >= 11 is 0. The van der Waals surface area contributed by atoms with Crippen LogP contribution in [0.15, 0.2) is 0 Å². The van der Waals surface area contributed by atoms with E-state index in [2.05, 4.69) is 17.0 Å². The van der Waals surface area contributed by atoms with Crippen LogP contribution in [0.1, 0.15) is 58.3 Å². The molecule has 3 atom stereocenters. The van der Waals surface area contributed by atoms with Crippen molar-refractivity contribution in [1.82, 2.24) is 10.0 Å². The highest BCUT2D eigenvalue weighted by molar-refractivity contribution is 7.89. The van der Waals surface area contributed by atoms with Crippen molar-refractivity contribution in [3.05, 3.63) is 0 Å². The summed E-state index contributed by atoms with van der Waals surface area (Å²) in [6, 6.07) is 0.398. The minimum Gasteiger partial charge on any atom is -0.314 e. The van der Waals surface area contributed by atoms with Gasteiger partial charge < -0.3 is 5.32 Å². The van der Waals surface area contributed by atoms with Gasteiger partial charge in [0.05, 0.1) is 5.75 Å². The van der Waals surface area contributed by atoms with Crippen molar-refractivity contribution in [1.29, 1.82) is 0 Å². The molecule has 2 N–H and O–H groups in total. The maximum absolute atomic E-state index is 12.1. The molecule has 1 aliphatic heterocycles. The number of rotatable bonds is 6. The standard InChI is InChI=1S/C15H30N2O2S/c1-13-5-4-6-14(11-13)12-17-20(18,19)10-8-15-7-2-3-9-16-15/h13-17H,2-12H2,1H3. The van der Waals surface area contributed by atoms with Gasteiger partial charge in [0.1, 0.15) is 0 Å². The van der Waals surface area contributed by atoms with E-state index in [1.54, 1.807) is 0 Å². The molecule has 0 aromatic rings. The molecule has 2 aliphatic rings. The summed E-state index contributed by atoms with van der Waals surface area (Å²) in [4.78, 5) is 0. The van der Waals surface area contributed by atoms with Crippen LogP contribution < -0.4 is 10.0 Å². The van der Waals surface area contributed by atoms with Crippen LogP contribution in [0.5, 0.6) is 0 Å². The summed E-state index contributed by atoms with van der Waals surface area (Å²) < 4.78 is 27.0. The molecule has 0 bridgehead atoms. The van der Waals surface area contributed by atoms with Crippen molar-refractivity contribution in [3.8, 4) is 0 Å². The summed E-state index contributed by atoms with van der Waals surface area (Å²) in [6.07, 6.45) is 9.22. The number of nitrogens with one attached hydrogen (secondary N) is 2. The predicted molar refractivity (Wildman–Crippen MR) is 83.2 cm³/mol. The molecule has 2 fully saturated rings. The third-order valence-electron chi connectivity index (χ3n) is 4.78. The molecule has 1 saturated carbocycles. The van der Waals surface area contributed by atoms with Gasteiger partial charge in [-0.2, -0.15) is 0 Å². The summed E-state index contributed by atoms with van der Waals surface area (Å²) in [5, 5.41) is 3.41. The van der Waals surface area contributed by atoms with E-state index in [0.717, 1.165) is 25.3 Å².